The lowest BCUT2D eigenvalue weighted by molar-refractivity contribution is 0.368. The Morgan fingerprint density at radius 3 is 2.57 bits per heavy atom. The second-order valence-corrected chi connectivity index (χ2v) is 4.94. The first-order valence-electron chi connectivity index (χ1n) is 7.65. The number of aliphatic imine (C=N–C) groups is 1. The second kappa shape index (κ2) is 11.8. The van der Waals surface area contributed by atoms with E-state index in [1.165, 1.54) is 6.42 Å². The molecule has 122 valence electrons. The van der Waals surface area contributed by atoms with Crippen molar-refractivity contribution in [2.75, 3.05) is 13.6 Å². The zero-order valence-corrected chi connectivity index (χ0v) is 15.9. The highest BCUT2D eigenvalue weighted by atomic mass is 127. The first-order chi connectivity index (χ1) is 9.74. The van der Waals surface area contributed by atoms with Crippen LogP contribution in [0, 0.1) is 0 Å². The molecule has 0 unspecified atom stereocenters. The van der Waals surface area contributed by atoms with Crippen LogP contribution in [-0.4, -0.2) is 24.7 Å². The van der Waals surface area contributed by atoms with Crippen LogP contribution in [0.1, 0.15) is 63.8 Å². The van der Waals surface area contributed by atoms with Crippen molar-refractivity contribution in [3.63, 3.8) is 0 Å². The molecule has 6 heteroatoms. The molecule has 0 saturated carbocycles. The molecule has 1 aromatic heterocycles. The highest BCUT2D eigenvalue weighted by Gasteiger charge is 2.12. The highest BCUT2D eigenvalue weighted by Crippen LogP contribution is 2.22. The zero-order valence-electron chi connectivity index (χ0n) is 13.6. The van der Waals surface area contributed by atoms with Crippen LogP contribution < -0.4 is 10.6 Å². The number of hydrogen-bond acceptors (Lipinski definition) is 3. The Morgan fingerprint density at radius 2 is 2.00 bits per heavy atom. The van der Waals surface area contributed by atoms with Gasteiger partial charge in [-0.1, -0.05) is 32.3 Å². The smallest absolute Gasteiger partial charge is 0.191 e. The lowest BCUT2D eigenvalue weighted by atomic mass is 9.99. The lowest BCUT2D eigenvalue weighted by Gasteiger charge is -2.09. The topological polar surface area (TPSA) is 62.5 Å². The molecule has 2 N–H and O–H groups in total. The molecule has 5 nitrogen and oxygen atoms in total. The van der Waals surface area contributed by atoms with Crippen LogP contribution in [0.2, 0.25) is 0 Å². The second-order valence-electron chi connectivity index (χ2n) is 4.94. The fourth-order valence-corrected chi connectivity index (χ4v) is 2.09. The summed E-state index contributed by atoms with van der Waals surface area (Å²) < 4.78 is 5.37. The molecule has 0 aliphatic carbocycles. The fourth-order valence-electron chi connectivity index (χ4n) is 2.09. The molecular formula is C15H29IN4O. The molecule has 0 spiro atoms. The standard InChI is InChI=1S/C15H28N4O.HI/c1-5-8-9-17-15(16-4)18-11-13-10-14(19-20-13)12(6-2)7-3;/h10,12H,5-9,11H2,1-4H3,(H2,16,17,18);1H. The van der Waals surface area contributed by atoms with Crippen molar-refractivity contribution in [3.05, 3.63) is 17.5 Å². The number of halogens is 1. The van der Waals surface area contributed by atoms with E-state index in [1.807, 2.05) is 6.07 Å². The summed E-state index contributed by atoms with van der Waals surface area (Å²) in [4.78, 5) is 4.18. The van der Waals surface area contributed by atoms with E-state index >= 15 is 0 Å². The Morgan fingerprint density at radius 1 is 1.29 bits per heavy atom. The van der Waals surface area contributed by atoms with Crippen LogP contribution in [0.4, 0.5) is 0 Å². The van der Waals surface area contributed by atoms with Crippen molar-refractivity contribution < 1.29 is 4.52 Å². The Bertz CT molecular complexity index is 402. The van der Waals surface area contributed by atoms with Gasteiger partial charge in [0.05, 0.1) is 12.2 Å². The lowest BCUT2D eigenvalue weighted by Crippen LogP contribution is -2.37. The molecule has 0 atom stereocenters. The Balaban J connectivity index is 0.00000400. The maximum Gasteiger partial charge on any atom is 0.191 e. The first-order valence-corrected chi connectivity index (χ1v) is 7.65. The van der Waals surface area contributed by atoms with Crippen molar-refractivity contribution >= 4 is 29.9 Å². The van der Waals surface area contributed by atoms with Gasteiger partial charge >= 0.3 is 0 Å². The SMILES string of the molecule is CCCCNC(=NC)NCc1cc(C(CC)CC)no1.I. The van der Waals surface area contributed by atoms with Gasteiger partial charge in [0, 0.05) is 25.6 Å². The van der Waals surface area contributed by atoms with Crippen molar-refractivity contribution in [2.45, 2.75) is 58.9 Å². The van der Waals surface area contributed by atoms with Crippen molar-refractivity contribution in [1.82, 2.24) is 15.8 Å². The Hall–Kier alpha value is -0.790. The van der Waals surface area contributed by atoms with E-state index in [9.17, 15) is 0 Å². The summed E-state index contributed by atoms with van der Waals surface area (Å²) in [6.45, 7) is 8.08. The molecule has 1 aromatic rings. The van der Waals surface area contributed by atoms with Gasteiger partial charge in [0.2, 0.25) is 0 Å². The van der Waals surface area contributed by atoms with Crippen LogP contribution in [0.15, 0.2) is 15.6 Å². The molecule has 0 fully saturated rings. The molecule has 0 aliphatic heterocycles. The number of guanidine groups is 1. The number of nitrogens with zero attached hydrogens (tertiary/aromatic N) is 2. The van der Waals surface area contributed by atoms with E-state index in [0.29, 0.717) is 12.5 Å². The minimum Gasteiger partial charge on any atom is -0.359 e. The van der Waals surface area contributed by atoms with Crippen LogP contribution in [-0.2, 0) is 6.54 Å². The number of rotatable bonds is 8. The molecule has 0 aromatic carbocycles. The molecular weight excluding hydrogens is 379 g/mol. The van der Waals surface area contributed by atoms with Gasteiger partial charge in [0.25, 0.3) is 0 Å². The predicted octanol–water partition coefficient (Wildman–Crippen LogP) is 3.66. The average Bonchev–Trinajstić information content (AvgIpc) is 2.93. The summed E-state index contributed by atoms with van der Waals surface area (Å²) in [5.74, 6) is 2.15. The van der Waals surface area contributed by atoms with Crippen LogP contribution in [0.25, 0.3) is 0 Å². The van der Waals surface area contributed by atoms with Gasteiger partial charge in [-0.3, -0.25) is 4.99 Å². The zero-order chi connectivity index (χ0) is 14.8. The molecule has 0 aliphatic rings. The molecule has 1 rings (SSSR count). The highest BCUT2D eigenvalue weighted by molar-refractivity contribution is 14.0. The quantitative estimate of drug-likeness (QED) is 0.298. The maximum absolute atomic E-state index is 5.37. The summed E-state index contributed by atoms with van der Waals surface area (Å²) >= 11 is 0. The average molecular weight is 408 g/mol. The van der Waals surface area contributed by atoms with Crippen LogP contribution in [0.3, 0.4) is 0 Å². The van der Waals surface area contributed by atoms with Gasteiger partial charge in [-0.2, -0.15) is 0 Å². The Kier molecular flexibility index (Phi) is 11.4. The van der Waals surface area contributed by atoms with Gasteiger partial charge in [-0.15, -0.1) is 24.0 Å². The first kappa shape index (κ1) is 20.2. The van der Waals surface area contributed by atoms with Crippen molar-refractivity contribution in [3.8, 4) is 0 Å². The van der Waals surface area contributed by atoms with Gasteiger partial charge < -0.3 is 15.2 Å². The number of unbranched alkanes of at least 4 members (excludes halogenated alkanes) is 1. The summed E-state index contributed by atoms with van der Waals surface area (Å²) in [6, 6.07) is 2.05. The minimum absolute atomic E-state index is 0. The number of aromatic nitrogens is 1. The number of nitrogens with one attached hydrogen (secondary N) is 2. The minimum atomic E-state index is 0. The van der Waals surface area contributed by atoms with E-state index in [0.717, 1.165) is 43.2 Å². The fraction of sp³-hybridized carbons (Fsp3) is 0.733. The van der Waals surface area contributed by atoms with Gasteiger partial charge in [-0.05, 0) is 19.3 Å². The van der Waals surface area contributed by atoms with Crippen molar-refractivity contribution in [2.24, 2.45) is 4.99 Å². The Labute approximate surface area is 145 Å². The van der Waals surface area contributed by atoms with Gasteiger partial charge in [0.1, 0.15) is 0 Å². The van der Waals surface area contributed by atoms with E-state index in [1.54, 1.807) is 7.05 Å². The predicted molar refractivity (Wildman–Crippen MR) is 98.4 cm³/mol. The van der Waals surface area contributed by atoms with Crippen LogP contribution >= 0.6 is 24.0 Å². The molecule has 0 bridgehead atoms. The third-order valence-electron chi connectivity index (χ3n) is 3.46. The molecule has 21 heavy (non-hydrogen) atoms. The van der Waals surface area contributed by atoms with E-state index < -0.39 is 0 Å². The summed E-state index contributed by atoms with van der Waals surface area (Å²) in [7, 11) is 1.78. The largest absolute Gasteiger partial charge is 0.359 e. The van der Waals surface area contributed by atoms with E-state index in [4.69, 9.17) is 4.52 Å². The van der Waals surface area contributed by atoms with Crippen molar-refractivity contribution in [1.29, 1.82) is 0 Å². The third-order valence-corrected chi connectivity index (χ3v) is 3.46. The monoisotopic (exact) mass is 408 g/mol. The normalized spacial score (nSPS) is 11.4. The van der Waals surface area contributed by atoms with Crippen LogP contribution in [0.5, 0.6) is 0 Å². The molecule has 0 radical (unpaired) electrons. The number of hydrogen-bond donors (Lipinski definition) is 2. The van der Waals surface area contributed by atoms with E-state index in [-0.39, 0.29) is 24.0 Å². The molecule has 1 heterocycles. The molecule has 0 amide bonds. The van der Waals surface area contributed by atoms with Gasteiger partial charge in [-0.25, -0.2) is 0 Å². The third kappa shape index (κ3) is 7.15. The summed E-state index contributed by atoms with van der Waals surface area (Å²) in [6.07, 6.45) is 4.50. The van der Waals surface area contributed by atoms with E-state index in [2.05, 4.69) is 41.6 Å². The van der Waals surface area contributed by atoms with Gasteiger partial charge in [0.15, 0.2) is 11.7 Å². The summed E-state index contributed by atoms with van der Waals surface area (Å²) in [5.41, 5.74) is 1.06. The molecule has 0 saturated heterocycles. The maximum atomic E-state index is 5.37. The summed E-state index contributed by atoms with van der Waals surface area (Å²) in [5, 5.41) is 10.7.